The summed E-state index contributed by atoms with van der Waals surface area (Å²) < 4.78 is 0. The molecule has 0 aliphatic carbocycles. The van der Waals surface area contributed by atoms with Gasteiger partial charge in [-0.15, -0.1) is 0 Å². The molecule has 1 aromatic carbocycles. The summed E-state index contributed by atoms with van der Waals surface area (Å²) in [5.41, 5.74) is 3.19. The van der Waals surface area contributed by atoms with Crippen LogP contribution < -0.4 is 10.2 Å². The Kier molecular flexibility index (Phi) is 5.41. The fourth-order valence-corrected chi connectivity index (χ4v) is 6.85. The number of aromatic nitrogens is 1. The van der Waals surface area contributed by atoms with E-state index in [-0.39, 0.29) is 17.7 Å². The highest BCUT2D eigenvalue weighted by Crippen LogP contribution is 2.56. The highest BCUT2D eigenvalue weighted by molar-refractivity contribution is 6.10. The van der Waals surface area contributed by atoms with Gasteiger partial charge in [-0.2, -0.15) is 0 Å². The van der Waals surface area contributed by atoms with E-state index in [1.807, 2.05) is 36.1 Å². The summed E-state index contributed by atoms with van der Waals surface area (Å²) in [7, 11) is 0. The Morgan fingerprint density at radius 2 is 1.91 bits per heavy atom. The molecule has 2 bridgehead atoms. The summed E-state index contributed by atoms with van der Waals surface area (Å²) in [6, 6.07) is 14.6. The van der Waals surface area contributed by atoms with Crippen molar-refractivity contribution in [1.82, 2.24) is 20.1 Å². The average Bonchev–Trinajstić information content (AvgIpc) is 3.48. The van der Waals surface area contributed by atoms with E-state index >= 15 is 0 Å². The Balaban J connectivity index is 1.37. The van der Waals surface area contributed by atoms with Crippen molar-refractivity contribution >= 4 is 17.5 Å². The number of amides is 2. The molecule has 3 atom stereocenters. The molecular formula is C27H33N5O2. The summed E-state index contributed by atoms with van der Waals surface area (Å²) in [5.74, 6) is -0.206. The third kappa shape index (κ3) is 3.28. The van der Waals surface area contributed by atoms with Gasteiger partial charge in [-0.3, -0.25) is 24.4 Å². The Labute approximate surface area is 201 Å². The largest absolute Gasteiger partial charge is 0.356 e. The van der Waals surface area contributed by atoms with E-state index in [1.54, 1.807) is 0 Å². The van der Waals surface area contributed by atoms with Crippen LogP contribution in [0.3, 0.4) is 0 Å². The summed E-state index contributed by atoms with van der Waals surface area (Å²) in [5, 5.41) is 3.21. The van der Waals surface area contributed by atoms with Crippen molar-refractivity contribution in [3.8, 4) is 0 Å². The Morgan fingerprint density at radius 1 is 1.03 bits per heavy atom. The van der Waals surface area contributed by atoms with Crippen LogP contribution in [0.25, 0.3) is 0 Å². The van der Waals surface area contributed by atoms with Crippen molar-refractivity contribution in [3.05, 3.63) is 59.4 Å². The second-order valence-electron chi connectivity index (χ2n) is 10.2. The Morgan fingerprint density at radius 3 is 2.79 bits per heavy atom. The highest BCUT2D eigenvalue weighted by Gasteiger charge is 2.67. The molecular weight excluding hydrogens is 426 g/mol. The third-order valence-corrected chi connectivity index (χ3v) is 8.26. The van der Waals surface area contributed by atoms with Crippen LogP contribution in [0, 0.1) is 12.8 Å². The predicted octanol–water partition coefficient (Wildman–Crippen LogP) is 2.44. The summed E-state index contributed by atoms with van der Waals surface area (Å²) in [4.78, 5) is 39.3. The minimum Gasteiger partial charge on any atom is -0.356 e. The maximum absolute atomic E-state index is 14.4. The fraction of sp³-hybridized carbons (Fsp3) is 0.519. The second-order valence-corrected chi connectivity index (χ2v) is 10.2. The molecule has 2 amide bonds. The number of aryl methyl sites for hydroxylation is 1. The monoisotopic (exact) mass is 459 g/mol. The molecule has 5 heterocycles. The summed E-state index contributed by atoms with van der Waals surface area (Å²) in [6.45, 7) is 6.51. The zero-order valence-electron chi connectivity index (χ0n) is 19.9. The van der Waals surface area contributed by atoms with Crippen LogP contribution in [-0.2, 0) is 21.7 Å². The zero-order valence-corrected chi connectivity index (χ0v) is 19.9. The first-order valence-corrected chi connectivity index (χ1v) is 12.7. The van der Waals surface area contributed by atoms with Gasteiger partial charge in [-0.25, -0.2) is 0 Å². The van der Waals surface area contributed by atoms with E-state index in [4.69, 9.17) is 0 Å². The van der Waals surface area contributed by atoms with Crippen LogP contribution in [0.5, 0.6) is 0 Å². The maximum atomic E-state index is 14.4. The Bertz CT molecular complexity index is 1120. The number of anilines is 1. The fourth-order valence-electron chi connectivity index (χ4n) is 6.85. The summed E-state index contributed by atoms with van der Waals surface area (Å²) >= 11 is 0. The van der Waals surface area contributed by atoms with Crippen molar-refractivity contribution in [2.24, 2.45) is 5.92 Å². The number of hydrogen-bond acceptors (Lipinski definition) is 5. The van der Waals surface area contributed by atoms with E-state index in [2.05, 4.69) is 38.3 Å². The number of pyridine rings is 1. The molecule has 7 heteroatoms. The first-order valence-electron chi connectivity index (χ1n) is 12.7. The van der Waals surface area contributed by atoms with E-state index in [0.29, 0.717) is 19.1 Å². The molecule has 0 saturated carbocycles. The van der Waals surface area contributed by atoms with E-state index in [9.17, 15) is 9.59 Å². The molecule has 4 aliphatic heterocycles. The van der Waals surface area contributed by atoms with Gasteiger partial charge in [0, 0.05) is 55.7 Å². The number of carbonyl (C=O) groups is 2. The quantitative estimate of drug-likeness (QED) is 0.747. The van der Waals surface area contributed by atoms with Crippen LogP contribution in [-0.4, -0.2) is 65.4 Å². The smallest absolute Gasteiger partial charge is 0.253 e. The van der Waals surface area contributed by atoms with E-state index < -0.39 is 5.54 Å². The summed E-state index contributed by atoms with van der Waals surface area (Å²) in [6.07, 6.45) is 3.81. The lowest BCUT2D eigenvalue weighted by Crippen LogP contribution is -2.57. The van der Waals surface area contributed by atoms with Crippen molar-refractivity contribution in [1.29, 1.82) is 0 Å². The topological polar surface area (TPSA) is 68.8 Å². The standard InChI is InChI=1S/C27H33N5O2/c1-19-7-4-8-20(29-19)18-30-13-6-12-28-25(33)23-17-21-9-5-14-32(21)27(23)22-10-2-3-11-24(22)31(16-15-30)26(27)34/h2-4,7-8,10-11,21,23H,5-6,9,12-18H2,1H3,(H,28,33)/t21-,23+,27+/m0/s1. The third-order valence-electron chi connectivity index (χ3n) is 8.26. The number of benzene rings is 1. The predicted molar refractivity (Wildman–Crippen MR) is 130 cm³/mol. The molecule has 3 fully saturated rings. The molecule has 7 nitrogen and oxygen atoms in total. The molecule has 178 valence electrons. The van der Waals surface area contributed by atoms with Gasteiger partial charge in [0.2, 0.25) is 5.91 Å². The zero-order chi connectivity index (χ0) is 23.3. The molecule has 3 saturated heterocycles. The average molecular weight is 460 g/mol. The first kappa shape index (κ1) is 21.7. The Hall–Kier alpha value is -2.77. The lowest BCUT2D eigenvalue weighted by Gasteiger charge is -2.37. The second kappa shape index (κ2) is 8.47. The molecule has 1 aromatic heterocycles. The number of hydrogen-bond donors (Lipinski definition) is 1. The number of rotatable bonds is 2. The SMILES string of the molecule is Cc1cccc(CN2CCCNC(=O)[C@H]3C[C@@H]4CCCN4[C@@]34C(=O)N(CC2)c2ccccc24)n1. The van der Waals surface area contributed by atoms with Gasteiger partial charge in [-0.1, -0.05) is 24.3 Å². The van der Waals surface area contributed by atoms with Gasteiger partial charge in [0.05, 0.1) is 11.6 Å². The van der Waals surface area contributed by atoms with Gasteiger partial charge in [0.1, 0.15) is 5.54 Å². The van der Waals surface area contributed by atoms with E-state index in [1.165, 1.54) is 0 Å². The molecule has 4 aliphatic rings. The molecule has 1 spiro atoms. The highest BCUT2D eigenvalue weighted by atomic mass is 16.2. The van der Waals surface area contributed by atoms with Crippen LogP contribution in [0.15, 0.2) is 42.5 Å². The van der Waals surface area contributed by atoms with Crippen molar-refractivity contribution < 1.29 is 9.59 Å². The van der Waals surface area contributed by atoms with Gasteiger partial charge in [-0.05, 0) is 57.4 Å². The molecule has 1 N–H and O–H groups in total. The van der Waals surface area contributed by atoms with Gasteiger partial charge >= 0.3 is 0 Å². The molecule has 34 heavy (non-hydrogen) atoms. The van der Waals surface area contributed by atoms with Crippen LogP contribution >= 0.6 is 0 Å². The number of para-hydroxylation sites is 1. The lowest BCUT2D eigenvalue weighted by molar-refractivity contribution is -0.139. The number of fused-ring (bicyclic) bond motifs is 4. The minimum atomic E-state index is -0.857. The van der Waals surface area contributed by atoms with Gasteiger partial charge in [0.15, 0.2) is 0 Å². The maximum Gasteiger partial charge on any atom is 0.253 e. The number of nitrogens with one attached hydrogen (secondary N) is 1. The molecule has 0 unspecified atom stereocenters. The van der Waals surface area contributed by atoms with Crippen LogP contribution in [0.1, 0.15) is 42.6 Å². The lowest BCUT2D eigenvalue weighted by atomic mass is 9.78. The van der Waals surface area contributed by atoms with Crippen LogP contribution in [0.4, 0.5) is 5.69 Å². The number of carbonyl (C=O) groups excluding carboxylic acids is 2. The molecule has 0 radical (unpaired) electrons. The first-order chi connectivity index (χ1) is 16.6. The molecule has 6 rings (SSSR count). The van der Waals surface area contributed by atoms with Crippen molar-refractivity contribution in [3.63, 3.8) is 0 Å². The molecule has 2 aromatic rings. The number of nitrogens with zero attached hydrogens (tertiary/aromatic N) is 4. The van der Waals surface area contributed by atoms with Gasteiger partial charge in [0.25, 0.3) is 5.91 Å². The van der Waals surface area contributed by atoms with E-state index in [0.717, 1.165) is 74.5 Å². The van der Waals surface area contributed by atoms with Crippen molar-refractivity contribution in [2.45, 2.75) is 50.7 Å². The van der Waals surface area contributed by atoms with Gasteiger partial charge < -0.3 is 10.2 Å². The minimum absolute atomic E-state index is 0.0341. The van der Waals surface area contributed by atoms with Crippen LogP contribution in [0.2, 0.25) is 0 Å². The van der Waals surface area contributed by atoms with Crippen molar-refractivity contribution in [2.75, 3.05) is 37.6 Å². The normalized spacial score (nSPS) is 29.7.